The minimum Gasteiger partial charge on any atom is -0.341 e. The van der Waals surface area contributed by atoms with Crippen LogP contribution in [0.25, 0.3) is 26.5 Å². The van der Waals surface area contributed by atoms with Crippen molar-refractivity contribution >= 4 is 45.7 Å². The van der Waals surface area contributed by atoms with Crippen LogP contribution in [0, 0.1) is 0 Å². The molecule has 4 aromatic rings. The highest BCUT2D eigenvalue weighted by Crippen LogP contribution is 2.40. The summed E-state index contributed by atoms with van der Waals surface area (Å²) >= 11 is 3.53. The van der Waals surface area contributed by atoms with E-state index in [9.17, 15) is 14.4 Å². The monoisotopic (exact) mass is 896 g/mol. The van der Waals surface area contributed by atoms with Crippen LogP contribution in [0.3, 0.4) is 0 Å². The predicted octanol–water partition coefficient (Wildman–Crippen LogP) is 10.2. The normalized spacial score (nSPS) is 20.6. The highest BCUT2D eigenvalue weighted by molar-refractivity contribution is 8.08. The number of rotatable bonds is 16. The minimum atomic E-state index is -0.738. The van der Waals surface area contributed by atoms with E-state index in [0.29, 0.717) is 24.6 Å². The van der Waals surface area contributed by atoms with E-state index in [1.165, 1.54) is 16.0 Å². The van der Waals surface area contributed by atoms with Crippen molar-refractivity contribution in [3.63, 3.8) is 0 Å². The fraction of sp³-hybridized carbons (Fsp3) is 0.434. The van der Waals surface area contributed by atoms with Crippen molar-refractivity contribution < 1.29 is 14.4 Å². The molecule has 4 atom stereocenters. The highest BCUT2D eigenvalue weighted by atomic mass is 32.2. The third kappa shape index (κ3) is 11.3. The number of hydrogen-bond donors (Lipinski definition) is 1. The van der Waals surface area contributed by atoms with E-state index in [-0.39, 0.29) is 29.8 Å². The van der Waals surface area contributed by atoms with Crippen LogP contribution in [0.15, 0.2) is 115 Å². The molecule has 11 heteroatoms. The number of nitrogens with one attached hydrogen (secondary N) is 1. The molecule has 0 bridgehead atoms. The van der Waals surface area contributed by atoms with E-state index in [1.54, 1.807) is 11.3 Å². The lowest BCUT2D eigenvalue weighted by Crippen LogP contribution is -2.45. The Morgan fingerprint density at radius 1 is 0.875 bits per heavy atom. The summed E-state index contributed by atoms with van der Waals surface area (Å²) in [5.74, 6) is 0.114. The van der Waals surface area contributed by atoms with E-state index in [1.807, 2.05) is 53.2 Å². The number of benzene rings is 3. The van der Waals surface area contributed by atoms with E-state index in [0.717, 1.165) is 116 Å². The van der Waals surface area contributed by atoms with Crippen LogP contribution in [0.1, 0.15) is 99.9 Å². The molecule has 4 aliphatic rings. The Morgan fingerprint density at radius 2 is 1.58 bits per heavy atom. The number of carbonyl (C=O) groups is 3. The first-order valence-electron chi connectivity index (χ1n) is 23.4. The molecule has 1 N–H and O–H groups in total. The van der Waals surface area contributed by atoms with Crippen LogP contribution < -0.4 is 5.32 Å². The Labute approximate surface area is 388 Å². The maximum Gasteiger partial charge on any atom is 0.250 e. The van der Waals surface area contributed by atoms with Crippen molar-refractivity contribution in [2.24, 2.45) is 0 Å². The van der Waals surface area contributed by atoms with Gasteiger partial charge in [-0.25, -0.2) is 4.98 Å². The van der Waals surface area contributed by atoms with Gasteiger partial charge < -0.3 is 24.9 Å². The van der Waals surface area contributed by atoms with Gasteiger partial charge in [0.15, 0.2) is 0 Å². The number of thioether (sulfide) groups is 1. The van der Waals surface area contributed by atoms with Gasteiger partial charge in [-0.2, -0.15) is 0 Å². The first-order chi connectivity index (χ1) is 31.2. The molecule has 3 aliphatic heterocycles. The van der Waals surface area contributed by atoms with Gasteiger partial charge in [0.05, 0.1) is 10.9 Å². The molecule has 3 amide bonds. The molecule has 8 rings (SSSR count). The van der Waals surface area contributed by atoms with E-state index >= 15 is 0 Å². The van der Waals surface area contributed by atoms with Gasteiger partial charge in [-0.3, -0.25) is 14.4 Å². The average molecular weight is 897 g/mol. The molecule has 0 radical (unpaired) electrons. The van der Waals surface area contributed by atoms with Crippen molar-refractivity contribution in [1.29, 1.82) is 0 Å². The van der Waals surface area contributed by atoms with Gasteiger partial charge in [-0.15, -0.1) is 23.1 Å². The van der Waals surface area contributed by atoms with Crippen molar-refractivity contribution in [1.82, 2.24) is 29.9 Å². The van der Waals surface area contributed by atoms with Crippen LogP contribution in [0.5, 0.6) is 0 Å². The molecule has 1 aromatic heterocycles. The lowest BCUT2D eigenvalue weighted by atomic mass is 10.0. The highest BCUT2D eigenvalue weighted by Gasteiger charge is 2.37. The van der Waals surface area contributed by atoms with E-state index in [4.69, 9.17) is 4.98 Å². The lowest BCUT2D eigenvalue weighted by molar-refractivity contribution is -0.137. The largest absolute Gasteiger partial charge is 0.341 e. The fourth-order valence-electron chi connectivity index (χ4n) is 9.65. The zero-order valence-corrected chi connectivity index (χ0v) is 39.4. The summed E-state index contributed by atoms with van der Waals surface area (Å²) in [6, 6.07) is 26.5. The molecule has 3 aromatic carbocycles. The molecule has 4 heterocycles. The van der Waals surface area contributed by atoms with Gasteiger partial charge in [0, 0.05) is 74.5 Å². The summed E-state index contributed by atoms with van der Waals surface area (Å²) in [6.07, 6.45) is 18.1. The van der Waals surface area contributed by atoms with Gasteiger partial charge in [0.1, 0.15) is 11.0 Å². The van der Waals surface area contributed by atoms with Crippen molar-refractivity contribution in [3.05, 3.63) is 131 Å². The number of thiazole rings is 1. The zero-order chi connectivity index (χ0) is 44.4. The topological polar surface area (TPSA) is 89.1 Å². The van der Waals surface area contributed by atoms with Gasteiger partial charge in [-0.05, 0) is 93.3 Å². The fourth-order valence-corrected chi connectivity index (χ4v) is 12.0. The second kappa shape index (κ2) is 21.9. The van der Waals surface area contributed by atoms with Gasteiger partial charge in [-0.1, -0.05) is 116 Å². The molecule has 3 saturated heterocycles. The molecule has 336 valence electrons. The van der Waals surface area contributed by atoms with Gasteiger partial charge in [0.25, 0.3) is 0 Å². The summed E-state index contributed by atoms with van der Waals surface area (Å²) in [7, 11) is 2.15. The number of hydrogen-bond acceptors (Lipinski definition) is 8. The molecule has 64 heavy (non-hydrogen) atoms. The summed E-state index contributed by atoms with van der Waals surface area (Å²) in [6.45, 7) is 10.9. The average Bonchev–Trinajstić information content (AvgIpc) is 4.14. The summed E-state index contributed by atoms with van der Waals surface area (Å²) in [5.41, 5.74) is 6.65. The molecule has 3 fully saturated rings. The van der Waals surface area contributed by atoms with Crippen LogP contribution in [0.2, 0.25) is 0 Å². The van der Waals surface area contributed by atoms with Gasteiger partial charge in [0.2, 0.25) is 17.7 Å². The van der Waals surface area contributed by atoms with Crippen LogP contribution in [0.4, 0.5) is 0 Å². The number of piperazine rings is 1. The van der Waals surface area contributed by atoms with Gasteiger partial charge >= 0.3 is 0 Å². The maximum absolute atomic E-state index is 14.4. The smallest absolute Gasteiger partial charge is 0.250 e. The number of carbonyl (C=O) groups excluding carboxylic acids is 3. The molecule has 0 spiro atoms. The Bertz CT molecular complexity index is 2300. The zero-order valence-electron chi connectivity index (χ0n) is 37.8. The molecular formula is C53H64N6O3S2. The predicted molar refractivity (Wildman–Crippen MR) is 264 cm³/mol. The number of likely N-dealkylation sites (N-methyl/N-ethyl adjacent to an activating group) is 1. The van der Waals surface area contributed by atoms with Crippen molar-refractivity contribution in [3.8, 4) is 21.6 Å². The number of allylic oxidation sites excluding steroid dienone is 4. The Kier molecular flexibility index (Phi) is 15.7. The minimum absolute atomic E-state index is 0.0728. The second-order valence-corrected chi connectivity index (χ2v) is 20.3. The van der Waals surface area contributed by atoms with Crippen molar-refractivity contribution in [2.45, 2.75) is 95.0 Å². The van der Waals surface area contributed by atoms with E-state index < -0.39 is 6.04 Å². The summed E-state index contributed by atoms with van der Waals surface area (Å²) in [5, 5.41) is 4.35. The standard InChI is InChI=1S/C53H64N6O3S2/c1-4-47(63-38(2)45-18-11-30-58(45)50(61)36-39-14-7-5-8-15-39)42-25-21-40(22-26-42)41-23-27-43(28-24-41)48-37-54-52(64-48)46-19-12-31-59(46)53(62)51(44-16-9-6-10-17-44)55-49(60)20-13-29-57-34-32-56(3)33-35-57/h4-7,9-10,14,16-17,21-28,37-38,45-46,51H,8,11-13,15,18-20,29-36H2,1-3H3,(H,55,60)/b47-4-/t38?,45-,46?,51+/m0/s1. The molecule has 2 unspecified atom stereocenters. The van der Waals surface area contributed by atoms with Crippen molar-refractivity contribution in [2.75, 3.05) is 52.9 Å². The lowest BCUT2D eigenvalue weighted by Gasteiger charge is -2.32. The number of nitrogens with zero attached hydrogens (tertiary/aromatic N) is 5. The van der Waals surface area contributed by atoms with Crippen LogP contribution in [-0.4, -0.2) is 106 Å². The first kappa shape index (κ1) is 45.7. The van der Waals surface area contributed by atoms with Crippen LogP contribution >= 0.6 is 23.1 Å². The molecule has 9 nitrogen and oxygen atoms in total. The number of amides is 3. The Balaban J connectivity index is 0.872. The molecule has 1 aliphatic carbocycles. The first-order valence-corrected chi connectivity index (χ1v) is 25.1. The second-order valence-electron chi connectivity index (χ2n) is 17.8. The number of likely N-dealkylation sites (tertiary alicyclic amines) is 2. The third-order valence-corrected chi connectivity index (χ3v) is 15.9. The maximum atomic E-state index is 14.4. The summed E-state index contributed by atoms with van der Waals surface area (Å²) in [4.78, 5) is 57.1. The summed E-state index contributed by atoms with van der Waals surface area (Å²) < 4.78 is 0. The van der Waals surface area contributed by atoms with E-state index in [2.05, 4.69) is 114 Å². The molecular weight excluding hydrogens is 833 g/mol. The Hall–Kier alpha value is -4.81. The molecule has 0 saturated carbocycles. The van der Waals surface area contributed by atoms with Crippen LogP contribution in [-0.2, 0) is 14.4 Å². The number of aromatic nitrogens is 1. The SMILES string of the molecule is C/C=C(\SC(C)[C@@H]1CCCN1C(=O)CC1=CC=CCC1)c1ccc(-c2ccc(-c3cnc(C4CCCN4C(=O)[C@H](NC(=O)CCCN4CCN(C)CC4)c4ccccc4)s3)cc2)cc1. The third-order valence-electron chi connectivity index (χ3n) is 13.4. The quantitative estimate of drug-likeness (QED) is 0.120. The Morgan fingerprint density at radius 3 is 2.30 bits per heavy atom.